The Morgan fingerprint density at radius 3 is 1.05 bits per heavy atom. The highest BCUT2D eigenvalue weighted by molar-refractivity contribution is 5.87. The summed E-state index contributed by atoms with van der Waals surface area (Å²) in [5.41, 5.74) is 20.1. The number of para-hydroxylation sites is 1. The lowest BCUT2D eigenvalue weighted by atomic mass is 9.88. The van der Waals surface area contributed by atoms with E-state index < -0.39 is 0 Å². The van der Waals surface area contributed by atoms with Crippen LogP contribution < -0.4 is 4.90 Å². The molecular weight excluding hydrogens is 689 g/mol. The third-order valence-corrected chi connectivity index (χ3v) is 11.1. The molecule has 0 N–H and O–H groups in total. The van der Waals surface area contributed by atoms with Crippen LogP contribution in [0, 0.1) is 0 Å². The Morgan fingerprint density at radius 1 is 0.281 bits per heavy atom. The molecule has 0 amide bonds. The summed E-state index contributed by atoms with van der Waals surface area (Å²) >= 11 is 0. The molecule has 2 nitrogen and oxygen atoms in total. The van der Waals surface area contributed by atoms with Crippen molar-refractivity contribution in [1.29, 1.82) is 0 Å². The number of hydrogen-bond acceptors (Lipinski definition) is 2. The van der Waals surface area contributed by atoms with E-state index in [9.17, 15) is 0 Å². The van der Waals surface area contributed by atoms with E-state index in [1.807, 2.05) is 0 Å². The van der Waals surface area contributed by atoms with Gasteiger partial charge < -0.3 is 4.90 Å². The number of aromatic nitrogens is 1. The van der Waals surface area contributed by atoms with Gasteiger partial charge in [0, 0.05) is 29.9 Å². The number of pyridine rings is 1. The fraction of sp³-hybridized carbons (Fsp3) is 0.0364. The molecule has 0 saturated heterocycles. The van der Waals surface area contributed by atoms with Gasteiger partial charge in [-0.1, -0.05) is 164 Å². The number of rotatable bonds is 7. The van der Waals surface area contributed by atoms with Crippen LogP contribution in [-0.2, 0) is 13.1 Å². The Bertz CT molecular complexity index is 2520. The van der Waals surface area contributed by atoms with Crippen molar-refractivity contribution in [1.82, 2.24) is 4.98 Å². The molecule has 0 bridgehead atoms. The predicted octanol–water partition coefficient (Wildman–Crippen LogP) is 14.3. The van der Waals surface area contributed by atoms with Gasteiger partial charge in [-0.3, -0.25) is 0 Å². The van der Waals surface area contributed by atoms with Gasteiger partial charge in [0.2, 0.25) is 0 Å². The van der Waals surface area contributed by atoms with E-state index in [0.29, 0.717) is 0 Å². The van der Waals surface area contributed by atoms with E-state index >= 15 is 0 Å². The Kier molecular flexibility index (Phi) is 9.06. The average Bonchev–Trinajstić information content (AvgIpc) is 3.46. The third kappa shape index (κ3) is 7.06. The van der Waals surface area contributed by atoms with Crippen molar-refractivity contribution in [2.45, 2.75) is 13.1 Å². The highest BCUT2D eigenvalue weighted by Crippen LogP contribution is 2.41. The maximum Gasteiger partial charge on any atom is 0.0715 e. The molecule has 57 heavy (non-hydrogen) atoms. The molecule has 0 radical (unpaired) electrons. The molecule has 270 valence electrons. The van der Waals surface area contributed by atoms with Gasteiger partial charge >= 0.3 is 0 Å². The standard InChI is InChI=1S/C55H40N2/c1-6-16-39(17-7-1)47-30-48(40-18-8-2-9-19-40)32-49(31-47)43-26-28-45-37-57(51-24-14-5-15-25-51)38-46-29-27-44(34-53(46)52(45)33-43)50-35-54(41-20-10-3-11-21-41)56-55(36-50)42-22-12-4-13-23-42/h1-36H,37-38H2. The van der Waals surface area contributed by atoms with Crippen molar-refractivity contribution >= 4 is 5.69 Å². The summed E-state index contributed by atoms with van der Waals surface area (Å²) in [4.78, 5) is 7.68. The van der Waals surface area contributed by atoms with Crippen molar-refractivity contribution in [2.24, 2.45) is 0 Å². The zero-order valence-corrected chi connectivity index (χ0v) is 31.6. The first kappa shape index (κ1) is 34.2. The summed E-state index contributed by atoms with van der Waals surface area (Å²) in [6.07, 6.45) is 0. The minimum Gasteiger partial charge on any atom is -0.363 e. The maximum atomic E-state index is 5.18. The van der Waals surface area contributed by atoms with E-state index in [4.69, 9.17) is 4.98 Å². The molecule has 8 aromatic carbocycles. The van der Waals surface area contributed by atoms with Crippen LogP contribution in [0.2, 0.25) is 0 Å². The van der Waals surface area contributed by atoms with E-state index in [1.165, 1.54) is 66.9 Å². The second-order valence-corrected chi connectivity index (χ2v) is 14.8. The zero-order chi connectivity index (χ0) is 38.0. The summed E-state index contributed by atoms with van der Waals surface area (Å²) in [5, 5.41) is 0. The Labute approximate surface area is 335 Å². The smallest absolute Gasteiger partial charge is 0.0715 e. The molecular formula is C55H40N2. The topological polar surface area (TPSA) is 16.1 Å². The Morgan fingerprint density at radius 2 is 0.632 bits per heavy atom. The summed E-state index contributed by atoms with van der Waals surface area (Å²) in [5.74, 6) is 0. The molecule has 10 rings (SSSR count). The Hall–Kier alpha value is -7.29. The van der Waals surface area contributed by atoms with Crippen molar-refractivity contribution in [2.75, 3.05) is 4.90 Å². The van der Waals surface area contributed by atoms with E-state index in [0.717, 1.165) is 41.2 Å². The number of anilines is 1. The quantitative estimate of drug-likeness (QED) is 0.162. The lowest BCUT2D eigenvalue weighted by molar-refractivity contribution is 0.812. The van der Waals surface area contributed by atoms with E-state index in [2.05, 4.69) is 223 Å². The van der Waals surface area contributed by atoms with Crippen molar-refractivity contribution in [3.8, 4) is 78.1 Å². The highest BCUT2D eigenvalue weighted by Gasteiger charge is 2.22. The van der Waals surface area contributed by atoms with Crippen LogP contribution >= 0.6 is 0 Å². The molecule has 1 aromatic heterocycles. The molecule has 0 aliphatic carbocycles. The monoisotopic (exact) mass is 728 g/mol. The third-order valence-electron chi connectivity index (χ3n) is 11.1. The molecule has 0 unspecified atom stereocenters. The van der Waals surface area contributed by atoms with Crippen molar-refractivity contribution in [3.63, 3.8) is 0 Å². The summed E-state index contributed by atoms with van der Waals surface area (Å²) in [6, 6.07) is 78.9. The second-order valence-electron chi connectivity index (χ2n) is 14.8. The fourth-order valence-electron chi connectivity index (χ4n) is 8.18. The normalized spacial score (nSPS) is 12.0. The molecule has 0 fully saturated rings. The van der Waals surface area contributed by atoms with Gasteiger partial charge in [0.25, 0.3) is 0 Å². The van der Waals surface area contributed by atoms with Gasteiger partial charge in [0.15, 0.2) is 0 Å². The number of fused-ring (bicyclic) bond motifs is 3. The lowest BCUT2D eigenvalue weighted by Crippen LogP contribution is -2.20. The second kappa shape index (κ2) is 15.1. The van der Waals surface area contributed by atoms with E-state index in [-0.39, 0.29) is 0 Å². The molecule has 9 aromatic rings. The van der Waals surface area contributed by atoms with Crippen molar-refractivity contribution in [3.05, 3.63) is 230 Å². The Balaban J connectivity index is 1.15. The van der Waals surface area contributed by atoms with Gasteiger partial charge in [0.05, 0.1) is 11.4 Å². The summed E-state index contributed by atoms with van der Waals surface area (Å²) < 4.78 is 0. The predicted molar refractivity (Wildman–Crippen MR) is 239 cm³/mol. The lowest BCUT2D eigenvalue weighted by Gasteiger charge is -2.24. The molecule has 1 aliphatic rings. The van der Waals surface area contributed by atoms with Crippen LogP contribution in [0.15, 0.2) is 218 Å². The van der Waals surface area contributed by atoms with Crippen LogP contribution in [0.25, 0.3) is 78.1 Å². The molecule has 0 atom stereocenters. The summed E-state index contributed by atoms with van der Waals surface area (Å²) in [7, 11) is 0. The maximum absolute atomic E-state index is 5.18. The van der Waals surface area contributed by atoms with Crippen LogP contribution in [0.3, 0.4) is 0 Å². The summed E-state index contributed by atoms with van der Waals surface area (Å²) in [6.45, 7) is 1.63. The van der Waals surface area contributed by atoms with Crippen LogP contribution in [-0.4, -0.2) is 4.98 Å². The largest absolute Gasteiger partial charge is 0.363 e. The first-order valence-electron chi connectivity index (χ1n) is 19.7. The van der Waals surface area contributed by atoms with Gasteiger partial charge in [-0.2, -0.15) is 0 Å². The number of nitrogens with zero attached hydrogens (tertiary/aromatic N) is 2. The zero-order valence-electron chi connectivity index (χ0n) is 31.6. The first-order valence-corrected chi connectivity index (χ1v) is 19.7. The van der Waals surface area contributed by atoms with Crippen LogP contribution in [0.1, 0.15) is 11.1 Å². The van der Waals surface area contributed by atoms with Gasteiger partial charge in [0.1, 0.15) is 0 Å². The van der Waals surface area contributed by atoms with Crippen LogP contribution in [0.5, 0.6) is 0 Å². The molecule has 0 spiro atoms. The van der Waals surface area contributed by atoms with Gasteiger partial charge in [-0.05, 0) is 121 Å². The fourth-order valence-corrected chi connectivity index (χ4v) is 8.18. The number of hydrogen-bond donors (Lipinski definition) is 0. The van der Waals surface area contributed by atoms with Crippen LogP contribution in [0.4, 0.5) is 5.69 Å². The van der Waals surface area contributed by atoms with Gasteiger partial charge in [-0.25, -0.2) is 4.98 Å². The average molecular weight is 729 g/mol. The SMILES string of the molecule is c1ccc(-c2cc(-c3ccccc3)cc(-c3ccc4c(c3)-c3cc(-c5cc(-c6ccccc6)nc(-c6ccccc6)c5)ccc3CN(c3ccccc3)C4)c2)cc1. The molecule has 2 heteroatoms. The van der Waals surface area contributed by atoms with Gasteiger partial charge in [-0.15, -0.1) is 0 Å². The number of benzene rings is 8. The first-order chi connectivity index (χ1) is 28.2. The minimum absolute atomic E-state index is 0.812. The molecule has 2 heterocycles. The molecule has 1 aliphatic heterocycles. The van der Waals surface area contributed by atoms with Crippen molar-refractivity contribution < 1.29 is 0 Å². The van der Waals surface area contributed by atoms with E-state index in [1.54, 1.807) is 0 Å². The highest BCUT2D eigenvalue weighted by atomic mass is 15.1. The minimum atomic E-state index is 0.812. The molecule has 0 saturated carbocycles.